The average Bonchev–Trinajstić information content (AvgIpc) is 2.16. The average molecular weight is 1290 g/mol. The first kappa shape index (κ1) is 76.2. The molecule has 0 unspecified atom stereocenters. The third-order valence-electron chi connectivity index (χ3n) is 17.9. The summed E-state index contributed by atoms with van der Waals surface area (Å²) in [4.78, 5) is 49.7. The number of phenolic OH excluding ortho intramolecular Hbond substituents is 4. The van der Waals surface area contributed by atoms with Gasteiger partial charge in [0.25, 0.3) is 0 Å². The third-order valence-corrected chi connectivity index (χ3v) is 17.9. The molecule has 8 atom stereocenters. The Morgan fingerprint density at radius 3 is 0.888 bits per heavy atom. The van der Waals surface area contributed by atoms with E-state index in [1.807, 2.05) is 65.8 Å². The summed E-state index contributed by atoms with van der Waals surface area (Å²) in [6.45, 7) is 37.5. The number of hydrogen-bond donors (Lipinski definition) is 4. The summed E-state index contributed by atoms with van der Waals surface area (Å²) in [5, 5.41) is 46.7. The topological polar surface area (TPSA) is 246 Å². The molecule has 4 aliphatic carbocycles. The zero-order valence-corrected chi connectivity index (χ0v) is 59.4. The molecular weight excluding hydrogens is 1190 g/mol. The predicted octanol–water partition coefficient (Wildman–Crippen LogP) is 14.3. The number of aromatic hydroxyl groups is 4. The van der Waals surface area contributed by atoms with E-state index in [1.165, 1.54) is 0 Å². The van der Waals surface area contributed by atoms with Crippen LogP contribution in [0.15, 0.2) is 80.7 Å². The number of aliphatic imine (C=N–C) groups is 4. The van der Waals surface area contributed by atoms with Gasteiger partial charge in [0.2, 0.25) is 0 Å². The Balaban J connectivity index is 0.00000423. The van der Waals surface area contributed by atoms with Gasteiger partial charge < -0.3 is 40.9 Å². The Kier molecular flexibility index (Phi) is 25.0. The van der Waals surface area contributed by atoms with Gasteiger partial charge in [-0.3, -0.25) is 29.6 Å². The molecule has 0 saturated heterocycles. The fourth-order valence-corrected chi connectivity index (χ4v) is 12.7. The van der Waals surface area contributed by atoms with Gasteiger partial charge in [-0.05, 0) is 124 Å². The molecule has 4 aromatic rings. The van der Waals surface area contributed by atoms with Crippen LogP contribution in [0.5, 0.6) is 34.5 Å². The van der Waals surface area contributed by atoms with E-state index in [9.17, 15) is 30.0 Å². The van der Waals surface area contributed by atoms with Crippen molar-refractivity contribution >= 4 is 36.8 Å². The van der Waals surface area contributed by atoms with Crippen molar-refractivity contribution in [3.05, 3.63) is 116 Å². The molecule has 14 nitrogen and oxygen atoms in total. The molecule has 0 spiro atoms. The maximum Gasteiger partial charge on any atom is 0.315 e. The van der Waals surface area contributed by atoms with Gasteiger partial charge in [-0.25, -0.2) is 0 Å². The van der Waals surface area contributed by atoms with E-state index >= 15 is 0 Å². The third kappa shape index (κ3) is 17.9. The number of hydrogen-bond acceptors (Lipinski definition) is 12. The van der Waals surface area contributed by atoms with E-state index in [4.69, 9.17) is 29.4 Å². The molecule has 0 radical (unpaired) electrons. The SMILES string of the molecule is CC(C)(C)c1cc(C=N[C@@H]2CCCC[C@H]2N=Cc2cc(OC(=O)[C@@H]3[C@H](C(=O)Oc4cc(C=N[C@@H]5CCCC[C@H]5N=Cc5cc(C(C)(C)C)cc(C(C)(C)C)c5O)c(O)c(C(C)(C)C)c4)[C@@H]4C=C[C@H]3C4)cc(C(C)(C)C)c2O)c(O)c(C(C)(C)C)c1.O.O.[Ti].[Ti]. The normalized spacial score (nSPS) is 22.4. The number of rotatable bonds is 12. The summed E-state index contributed by atoms with van der Waals surface area (Å²) >= 11 is 0. The quantitative estimate of drug-likeness (QED) is 0.0348. The van der Waals surface area contributed by atoms with Crippen LogP contribution in [0.1, 0.15) is 238 Å². The van der Waals surface area contributed by atoms with Gasteiger partial charge >= 0.3 is 11.9 Å². The molecule has 3 fully saturated rings. The number of nitrogens with zero attached hydrogens (tertiary/aromatic N) is 4. The molecule has 0 aromatic heterocycles. The number of fused-ring (bicyclic) bond motifs is 2. The van der Waals surface area contributed by atoms with Crippen LogP contribution in [-0.2, 0) is 85.5 Å². The van der Waals surface area contributed by atoms with Crippen molar-refractivity contribution in [1.82, 2.24) is 0 Å². The second-order valence-electron chi connectivity index (χ2n) is 31.0. The van der Waals surface area contributed by atoms with Gasteiger partial charge in [0, 0.05) is 113 Å². The van der Waals surface area contributed by atoms with E-state index in [1.54, 1.807) is 49.1 Å². The molecule has 0 heterocycles. The molecule has 0 aliphatic heterocycles. The van der Waals surface area contributed by atoms with E-state index in [0.717, 1.165) is 73.6 Å². The molecule has 8 N–H and O–H groups in total. The molecule has 2 bridgehead atoms. The Morgan fingerprint density at radius 1 is 0.393 bits per heavy atom. The number of carbonyl (C=O) groups is 2. The second-order valence-corrected chi connectivity index (χ2v) is 31.0. The molecule has 0 amide bonds. The number of phenols is 4. The minimum absolute atomic E-state index is 0. The van der Waals surface area contributed by atoms with Crippen LogP contribution in [0.25, 0.3) is 0 Å². The van der Waals surface area contributed by atoms with E-state index in [0.29, 0.717) is 39.8 Å². The van der Waals surface area contributed by atoms with Crippen LogP contribution in [0.3, 0.4) is 0 Å². The maximum absolute atomic E-state index is 14.7. The van der Waals surface area contributed by atoms with Crippen molar-refractivity contribution in [3.8, 4) is 34.5 Å². The van der Waals surface area contributed by atoms with Gasteiger partial charge in [0.1, 0.15) is 34.5 Å². The monoisotopic (exact) mass is 1290 g/mol. The summed E-state index contributed by atoms with van der Waals surface area (Å²) in [6.07, 6.45) is 18.7. The van der Waals surface area contributed by atoms with E-state index < -0.39 is 34.6 Å². The smallest absolute Gasteiger partial charge is 0.315 e. The first-order valence-electron chi connectivity index (χ1n) is 31.2. The fourth-order valence-electron chi connectivity index (χ4n) is 12.7. The largest absolute Gasteiger partial charge is 0.507 e. The van der Waals surface area contributed by atoms with Gasteiger partial charge in [-0.15, -0.1) is 0 Å². The molecule has 8 rings (SSSR count). The van der Waals surface area contributed by atoms with Crippen LogP contribution in [0.2, 0.25) is 0 Å². The molecule has 482 valence electrons. The minimum Gasteiger partial charge on any atom is -0.507 e. The number of benzene rings is 4. The Bertz CT molecular complexity index is 3110. The summed E-state index contributed by atoms with van der Waals surface area (Å²) < 4.78 is 12.6. The minimum atomic E-state index is -0.836. The van der Waals surface area contributed by atoms with Crippen LogP contribution in [0.4, 0.5) is 0 Å². The van der Waals surface area contributed by atoms with Crippen LogP contribution < -0.4 is 9.47 Å². The first-order chi connectivity index (χ1) is 39.4. The van der Waals surface area contributed by atoms with Crippen LogP contribution >= 0.6 is 0 Å². The molecule has 4 aliphatic rings. The van der Waals surface area contributed by atoms with Crippen molar-refractivity contribution in [2.45, 2.75) is 239 Å². The van der Waals surface area contributed by atoms with Crippen molar-refractivity contribution in [1.29, 1.82) is 0 Å². The van der Waals surface area contributed by atoms with Crippen LogP contribution in [-0.4, -0.2) is 92.3 Å². The summed E-state index contributed by atoms with van der Waals surface area (Å²) in [6, 6.07) is 14.3. The van der Waals surface area contributed by atoms with E-state index in [-0.39, 0.29) is 147 Å². The summed E-state index contributed by atoms with van der Waals surface area (Å²) in [5.41, 5.74) is 5.42. The number of esters is 2. The van der Waals surface area contributed by atoms with Crippen molar-refractivity contribution in [2.24, 2.45) is 43.6 Å². The maximum atomic E-state index is 14.7. The Hall–Kier alpha value is -5.21. The molecular formula is C73H102N4O10Ti2. The first-order valence-corrected chi connectivity index (χ1v) is 31.2. The van der Waals surface area contributed by atoms with Crippen molar-refractivity contribution < 1.29 is 93.9 Å². The van der Waals surface area contributed by atoms with Gasteiger partial charge in [-0.2, -0.15) is 0 Å². The molecule has 16 heteroatoms. The second kappa shape index (κ2) is 29.2. The van der Waals surface area contributed by atoms with Gasteiger partial charge in [-0.1, -0.05) is 175 Å². The Morgan fingerprint density at radius 2 is 0.640 bits per heavy atom. The van der Waals surface area contributed by atoms with Gasteiger partial charge in [0.05, 0.1) is 36.0 Å². The predicted molar refractivity (Wildman–Crippen MR) is 353 cm³/mol. The van der Waals surface area contributed by atoms with E-state index in [2.05, 4.69) is 95.2 Å². The molecule has 3 saturated carbocycles. The van der Waals surface area contributed by atoms with Crippen molar-refractivity contribution in [3.63, 3.8) is 0 Å². The summed E-state index contributed by atoms with van der Waals surface area (Å²) in [7, 11) is 0. The zero-order valence-electron chi connectivity index (χ0n) is 56.3. The van der Waals surface area contributed by atoms with Crippen molar-refractivity contribution in [2.75, 3.05) is 0 Å². The van der Waals surface area contributed by atoms with Gasteiger partial charge in [0.15, 0.2) is 0 Å². The number of ether oxygens (including phenoxy) is 2. The standard InChI is InChI=1S/C73H98N4O8.2H2O.2Ti/c1-68(2,3)48-30-44(62(78)52(34-48)70(7,8)9)38-74-56-23-19-21-25-58(56)76-40-46-32-50(36-54(64(46)80)72(13,14)15)84-66(82)60-42-27-28-43(29-42)61(60)67(83)85-51-33-47(65(81)55(37-51)73(16,17)18)41-77-59-26-22-20-24-57(59)75-39-45-31-49(69(4,5)6)35-53(63(45)79)71(10,11)12;;;;/h27-28,30-43,56-61,78-81H,19-26,29H2,1-18H3;2*1H2;;/t42-,43+,56-,57-,58-,59-,60-,61+;;;;/m1..../s1. The molecule has 4 aromatic carbocycles. The number of carbonyl (C=O) groups excluding carboxylic acids is 2. The van der Waals surface area contributed by atoms with Crippen LogP contribution in [0, 0.1) is 23.7 Å². The molecule has 89 heavy (non-hydrogen) atoms. The summed E-state index contributed by atoms with van der Waals surface area (Å²) in [5.74, 6) is -2.25. The Labute approximate surface area is 560 Å². The number of allylic oxidation sites excluding steroid dienone is 2. The fraction of sp³-hybridized carbons (Fsp3) is 0.562. The zero-order chi connectivity index (χ0) is 62.5.